The van der Waals surface area contributed by atoms with Gasteiger partial charge in [-0.2, -0.15) is 0 Å². The topological polar surface area (TPSA) is 16.1 Å². The van der Waals surface area contributed by atoms with Crippen LogP contribution in [0.5, 0.6) is 0 Å². The maximum Gasteiger partial charge on any atom is 0.0555 e. The average molecular weight is 204 g/mol. The van der Waals surface area contributed by atoms with Crippen LogP contribution in [0.1, 0.15) is 31.7 Å². The average Bonchev–Trinajstić information content (AvgIpc) is 2.29. The molecule has 1 fully saturated rings. The molecule has 0 atom stereocenters. The predicted octanol–water partition coefficient (Wildman–Crippen LogP) is 3.02. The Balaban J connectivity index is 2.01. The molecule has 15 heavy (non-hydrogen) atoms. The van der Waals surface area contributed by atoms with Crippen molar-refractivity contribution in [2.24, 2.45) is 5.92 Å². The molecule has 1 aromatic rings. The van der Waals surface area contributed by atoms with E-state index in [0.717, 1.165) is 5.92 Å². The Morgan fingerprint density at radius 2 is 2.07 bits per heavy atom. The molecule has 0 spiro atoms. The van der Waals surface area contributed by atoms with Gasteiger partial charge in [-0.05, 0) is 37.3 Å². The Morgan fingerprint density at radius 1 is 1.33 bits per heavy atom. The van der Waals surface area contributed by atoms with Crippen LogP contribution in [-0.4, -0.2) is 18.1 Å². The largest absolute Gasteiger partial charge is 0.370 e. The summed E-state index contributed by atoms with van der Waals surface area (Å²) in [5, 5.41) is 0. The molecule has 0 unspecified atom stereocenters. The molecule has 1 aliphatic heterocycles. The monoisotopic (exact) mass is 204 g/mol. The highest BCUT2D eigenvalue weighted by Gasteiger charge is 2.17. The van der Waals surface area contributed by atoms with Crippen LogP contribution in [-0.2, 0) is 0 Å². The highest BCUT2D eigenvalue weighted by molar-refractivity contribution is 5.46. The van der Waals surface area contributed by atoms with E-state index in [1.54, 1.807) is 0 Å². The highest BCUT2D eigenvalue weighted by Crippen LogP contribution is 2.24. The fourth-order valence-electron chi connectivity index (χ4n) is 2.31. The van der Waals surface area contributed by atoms with Gasteiger partial charge in [-0.3, -0.25) is 4.98 Å². The van der Waals surface area contributed by atoms with E-state index in [9.17, 15) is 0 Å². The molecule has 1 aromatic heterocycles. The lowest BCUT2D eigenvalue weighted by molar-refractivity contribution is 0.395. The van der Waals surface area contributed by atoms with Crippen LogP contribution in [0.3, 0.4) is 0 Å². The molecule has 2 rings (SSSR count). The summed E-state index contributed by atoms with van der Waals surface area (Å²) in [5.74, 6) is 0.944. The lowest BCUT2D eigenvalue weighted by Gasteiger charge is -2.33. The summed E-state index contributed by atoms with van der Waals surface area (Å²) in [6.45, 7) is 6.80. The van der Waals surface area contributed by atoms with Gasteiger partial charge in [-0.25, -0.2) is 0 Å². The van der Waals surface area contributed by atoms with Crippen molar-refractivity contribution in [3.05, 3.63) is 24.0 Å². The van der Waals surface area contributed by atoms with Gasteiger partial charge in [0.2, 0.25) is 0 Å². The Bertz CT molecular complexity index is 314. The van der Waals surface area contributed by atoms with E-state index < -0.39 is 0 Å². The van der Waals surface area contributed by atoms with Crippen molar-refractivity contribution in [3.63, 3.8) is 0 Å². The molecule has 0 amide bonds. The summed E-state index contributed by atoms with van der Waals surface area (Å²) >= 11 is 0. The van der Waals surface area contributed by atoms with Gasteiger partial charge in [0.1, 0.15) is 0 Å². The minimum Gasteiger partial charge on any atom is -0.370 e. The third-order valence-corrected chi connectivity index (χ3v) is 3.42. The number of anilines is 1. The van der Waals surface area contributed by atoms with Crippen LogP contribution in [0.2, 0.25) is 0 Å². The number of aryl methyl sites for hydroxylation is 1. The molecule has 1 aliphatic rings. The fraction of sp³-hybridized carbons (Fsp3) is 0.615. The summed E-state index contributed by atoms with van der Waals surface area (Å²) in [5.41, 5.74) is 2.55. The smallest absolute Gasteiger partial charge is 0.0555 e. The molecule has 0 saturated carbocycles. The standard InChI is InChI=1S/C13H20N2/c1-3-12-4-6-15(7-5-12)13-8-11(2)9-14-10-13/h8-10,12H,3-7H2,1-2H3. The zero-order valence-corrected chi connectivity index (χ0v) is 9.74. The van der Waals surface area contributed by atoms with Crippen molar-refractivity contribution in [1.82, 2.24) is 4.98 Å². The number of hydrogen-bond acceptors (Lipinski definition) is 2. The zero-order valence-electron chi connectivity index (χ0n) is 9.74. The molecule has 0 bridgehead atoms. The highest BCUT2D eigenvalue weighted by atomic mass is 15.1. The molecule has 0 radical (unpaired) electrons. The summed E-state index contributed by atoms with van der Waals surface area (Å²) in [6, 6.07) is 2.24. The number of piperidine rings is 1. The van der Waals surface area contributed by atoms with Crippen molar-refractivity contribution < 1.29 is 0 Å². The molecule has 2 heteroatoms. The van der Waals surface area contributed by atoms with Crippen molar-refractivity contribution in [3.8, 4) is 0 Å². The Morgan fingerprint density at radius 3 is 2.67 bits per heavy atom. The Hall–Kier alpha value is -1.05. The number of hydrogen-bond donors (Lipinski definition) is 0. The summed E-state index contributed by atoms with van der Waals surface area (Å²) in [7, 11) is 0. The van der Waals surface area contributed by atoms with Crippen LogP contribution < -0.4 is 4.90 Å². The molecular weight excluding hydrogens is 184 g/mol. The first-order valence-electron chi connectivity index (χ1n) is 5.96. The van der Waals surface area contributed by atoms with Gasteiger partial charge in [0.05, 0.1) is 11.9 Å². The number of nitrogens with zero attached hydrogens (tertiary/aromatic N) is 2. The quantitative estimate of drug-likeness (QED) is 0.736. The fourth-order valence-corrected chi connectivity index (χ4v) is 2.31. The minimum atomic E-state index is 0.944. The third kappa shape index (κ3) is 2.49. The third-order valence-electron chi connectivity index (χ3n) is 3.42. The number of aromatic nitrogens is 1. The van der Waals surface area contributed by atoms with Crippen molar-refractivity contribution in [1.29, 1.82) is 0 Å². The SMILES string of the molecule is CCC1CCN(c2cncc(C)c2)CC1. The second-order valence-corrected chi connectivity index (χ2v) is 4.56. The van der Waals surface area contributed by atoms with E-state index in [1.807, 2.05) is 12.4 Å². The lowest BCUT2D eigenvalue weighted by Crippen LogP contribution is -2.33. The van der Waals surface area contributed by atoms with Gasteiger partial charge in [-0.15, -0.1) is 0 Å². The van der Waals surface area contributed by atoms with Crippen LogP contribution in [0.25, 0.3) is 0 Å². The number of pyridine rings is 1. The summed E-state index contributed by atoms with van der Waals surface area (Å²) < 4.78 is 0. The van der Waals surface area contributed by atoms with Crippen molar-refractivity contribution in [2.75, 3.05) is 18.0 Å². The van der Waals surface area contributed by atoms with E-state index in [4.69, 9.17) is 0 Å². The Labute approximate surface area is 92.3 Å². The Kier molecular flexibility index (Phi) is 3.24. The molecule has 0 aliphatic carbocycles. The van der Waals surface area contributed by atoms with Gasteiger partial charge in [-0.1, -0.05) is 13.3 Å². The van der Waals surface area contributed by atoms with E-state index in [2.05, 4.69) is 29.8 Å². The second-order valence-electron chi connectivity index (χ2n) is 4.56. The molecule has 2 heterocycles. The maximum absolute atomic E-state index is 4.26. The first-order chi connectivity index (χ1) is 7.29. The van der Waals surface area contributed by atoms with E-state index >= 15 is 0 Å². The van der Waals surface area contributed by atoms with Gasteiger partial charge < -0.3 is 4.90 Å². The number of rotatable bonds is 2. The van der Waals surface area contributed by atoms with Gasteiger partial charge in [0.25, 0.3) is 0 Å². The van der Waals surface area contributed by atoms with Gasteiger partial charge in [0, 0.05) is 19.3 Å². The predicted molar refractivity (Wildman–Crippen MR) is 64.2 cm³/mol. The van der Waals surface area contributed by atoms with Crippen LogP contribution in [0.15, 0.2) is 18.5 Å². The van der Waals surface area contributed by atoms with Gasteiger partial charge in [0.15, 0.2) is 0 Å². The molecular formula is C13H20N2. The minimum absolute atomic E-state index is 0.944. The van der Waals surface area contributed by atoms with E-state index in [-0.39, 0.29) is 0 Å². The normalized spacial score (nSPS) is 18.1. The molecule has 1 saturated heterocycles. The molecule has 0 aromatic carbocycles. The van der Waals surface area contributed by atoms with Crippen LogP contribution >= 0.6 is 0 Å². The van der Waals surface area contributed by atoms with Crippen LogP contribution in [0.4, 0.5) is 5.69 Å². The zero-order chi connectivity index (χ0) is 10.7. The van der Waals surface area contributed by atoms with Gasteiger partial charge >= 0.3 is 0 Å². The molecule has 2 nitrogen and oxygen atoms in total. The van der Waals surface area contributed by atoms with Crippen LogP contribution in [0, 0.1) is 12.8 Å². The first-order valence-corrected chi connectivity index (χ1v) is 5.96. The molecule has 82 valence electrons. The maximum atomic E-state index is 4.26. The summed E-state index contributed by atoms with van der Waals surface area (Å²) in [4.78, 5) is 6.72. The first kappa shape index (κ1) is 10.5. The second kappa shape index (κ2) is 4.65. The van der Waals surface area contributed by atoms with E-state index in [1.165, 1.54) is 43.6 Å². The lowest BCUT2D eigenvalue weighted by atomic mass is 9.94. The van der Waals surface area contributed by atoms with E-state index in [0.29, 0.717) is 0 Å². The van der Waals surface area contributed by atoms with Crippen molar-refractivity contribution in [2.45, 2.75) is 33.1 Å². The van der Waals surface area contributed by atoms with Crippen molar-refractivity contribution >= 4 is 5.69 Å². The summed E-state index contributed by atoms with van der Waals surface area (Å²) in [6.07, 6.45) is 7.91. The molecule has 0 N–H and O–H groups in total.